The molecule has 0 spiro atoms. The highest BCUT2D eigenvalue weighted by molar-refractivity contribution is 5.89. The molecule has 210 valence electrons. The van der Waals surface area contributed by atoms with E-state index in [1.54, 1.807) is 6.92 Å². The highest BCUT2D eigenvalue weighted by Gasteiger charge is 2.47. The van der Waals surface area contributed by atoms with Gasteiger partial charge in [-0.15, -0.1) is 24.8 Å². The molecule has 2 aromatic carbocycles. The zero-order valence-corrected chi connectivity index (χ0v) is 24.6. The lowest BCUT2D eigenvalue weighted by Crippen LogP contribution is -2.60. The summed E-state index contributed by atoms with van der Waals surface area (Å²) in [6, 6.07) is 14.3. The highest BCUT2D eigenvalue weighted by atomic mass is 35.5. The van der Waals surface area contributed by atoms with Gasteiger partial charge in [-0.1, -0.05) is 24.3 Å². The zero-order valence-electron chi connectivity index (χ0n) is 22.9. The summed E-state index contributed by atoms with van der Waals surface area (Å²) in [6.45, 7) is 11.2. The number of nitrogens with one attached hydrogen (secondary N) is 1. The second-order valence-electron chi connectivity index (χ2n) is 10.4. The van der Waals surface area contributed by atoms with Crippen LogP contribution in [-0.4, -0.2) is 67.6 Å². The summed E-state index contributed by atoms with van der Waals surface area (Å²) in [5.41, 5.74) is 5.09. The third-order valence-electron chi connectivity index (χ3n) is 8.36. The minimum Gasteiger partial charge on any atom is -0.530 e. The summed E-state index contributed by atoms with van der Waals surface area (Å²) in [7, 11) is 1.93. The summed E-state index contributed by atoms with van der Waals surface area (Å²) in [6.07, 6.45) is 2.03. The first-order valence-electron chi connectivity index (χ1n) is 13.3. The first-order chi connectivity index (χ1) is 17.3. The molecule has 1 unspecified atom stereocenters. The topological polar surface area (TPSA) is 75.7 Å². The third kappa shape index (κ3) is 6.52. The molecule has 38 heavy (non-hydrogen) atoms. The van der Waals surface area contributed by atoms with Crippen molar-refractivity contribution in [1.29, 1.82) is 0 Å². The minimum atomic E-state index is -1.17. The average Bonchev–Trinajstić information content (AvgIpc) is 3.38. The van der Waals surface area contributed by atoms with Gasteiger partial charge in [0, 0.05) is 44.2 Å². The van der Waals surface area contributed by atoms with E-state index in [1.807, 2.05) is 33.0 Å². The van der Waals surface area contributed by atoms with Crippen LogP contribution in [0.2, 0.25) is 0 Å². The van der Waals surface area contributed by atoms with Crippen LogP contribution in [-0.2, 0) is 11.3 Å². The van der Waals surface area contributed by atoms with Gasteiger partial charge in [-0.3, -0.25) is 0 Å². The second-order valence-corrected chi connectivity index (χ2v) is 10.4. The summed E-state index contributed by atoms with van der Waals surface area (Å²) in [4.78, 5) is 28.6. The van der Waals surface area contributed by atoms with E-state index in [0.717, 1.165) is 42.0 Å². The molecule has 2 amide bonds. The van der Waals surface area contributed by atoms with Crippen molar-refractivity contribution >= 4 is 42.5 Å². The molecule has 2 aliphatic heterocycles. The average molecular weight is 566 g/mol. The molecule has 1 fully saturated rings. The van der Waals surface area contributed by atoms with Crippen molar-refractivity contribution in [3.05, 3.63) is 53.6 Å². The van der Waals surface area contributed by atoms with Crippen LogP contribution in [0.4, 0.5) is 10.5 Å². The van der Waals surface area contributed by atoms with Crippen LogP contribution < -0.4 is 14.9 Å². The molecule has 7 nitrogen and oxygen atoms in total. The van der Waals surface area contributed by atoms with Gasteiger partial charge in [0.05, 0.1) is 26.1 Å². The number of halogens is 2. The monoisotopic (exact) mass is 564 g/mol. The Morgan fingerprint density at radius 3 is 2.29 bits per heavy atom. The lowest BCUT2D eigenvalue weighted by Gasteiger charge is -2.47. The Morgan fingerprint density at radius 1 is 1.08 bits per heavy atom. The van der Waals surface area contributed by atoms with Crippen LogP contribution in [0.15, 0.2) is 42.5 Å². The van der Waals surface area contributed by atoms with Crippen molar-refractivity contribution in [2.75, 3.05) is 39.8 Å². The number of nitrogens with zero attached hydrogens (tertiary/aromatic N) is 3. The lowest BCUT2D eigenvalue weighted by atomic mass is 9.86. The molecule has 2 heterocycles. The van der Waals surface area contributed by atoms with Gasteiger partial charge in [-0.05, 0) is 68.6 Å². The largest absolute Gasteiger partial charge is 0.530 e. The molecule has 2 aliphatic rings. The molecule has 0 aromatic heterocycles. The normalized spacial score (nSPS) is 22.6. The van der Waals surface area contributed by atoms with Gasteiger partial charge in [0.2, 0.25) is 0 Å². The molecule has 0 radical (unpaired) electrons. The molecular formula is C29H42Cl2N4O3. The SMILES string of the molecule is CCN(C(=O)[O-])C1C[C@H](C)[N@+](C)(C(C)=O)c2ccc(-c3ccc(CNCCN4CCCC4)cc3)cc21.Cl.Cl. The number of rotatable bonds is 8. The van der Waals surface area contributed by atoms with Crippen molar-refractivity contribution in [1.82, 2.24) is 19.6 Å². The van der Waals surface area contributed by atoms with Gasteiger partial charge in [0.25, 0.3) is 0 Å². The van der Waals surface area contributed by atoms with E-state index in [0.29, 0.717) is 13.0 Å². The number of hydrogen-bond acceptors (Lipinski definition) is 5. The zero-order chi connectivity index (χ0) is 25.9. The maximum absolute atomic E-state index is 12.8. The molecule has 0 saturated carbocycles. The van der Waals surface area contributed by atoms with E-state index in [-0.39, 0.29) is 47.3 Å². The van der Waals surface area contributed by atoms with Crippen LogP contribution in [0.3, 0.4) is 0 Å². The summed E-state index contributed by atoms with van der Waals surface area (Å²) in [5.74, 6) is 0.0491. The van der Waals surface area contributed by atoms with Crippen molar-refractivity contribution in [2.24, 2.45) is 0 Å². The van der Waals surface area contributed by atoms with Crippen LogP contribution in [0.1, 0.15) is 57.2 Å². The van der Waals surface area contributed by atoms with Gasteiger partial charge >= 0.3 is 5.91 Å². The van der Waals surface area contributed by atoms with Crippen LogP contribution >= 0.6 is 24.8 Å². The fourth-order valence-corrected chi connectivity index (χ4v) is 5.87. The number of carbonyl (C=O) groups is 2. The van der Waals surface area contributed by atoms with Gasteiger partial charge in [0.1, 0.15) is 11.8 Å². The Labute approximate surface area is 239 Å². The lowest BCUT2D eigenvalue weighted by molar-refractivity contribution is -0.268. The molecule has 0 aliphatic carbocycles. The second kappa shape index (κ2) is 13.8. The van der Waals surface area contributed by atoms with Crippen LogP contribution in [0, 0.1) is 0 Å². The number of amides is 2. The number of benzene rings is 2. The van der Waals surface area contributed by atoms with E-state index in [9.17, 15) is 14.7 Å². The van der Waals surface area contributed by atoms with Gasteiger partial charge < -0.3 is 25.0 Å². The third-order valence-corrected chi connectivity index (χ3v) is 8.36. The number of hydrogen-bond donors (Lipinski definition) is 1. The number of carboxylic acid groups (broad SMARTS) is 1. The first kappa shape index (κ1) is 32.1. The quantitative estimate of drug-likeness (QED) is 0.380. The fourth-order valence-electron chi connectivity index (χ4n) is 5.87. The Hall–Kier alpha value is -2.16. The Kier molecular flexibility index (Phi) is 11.6. The van der Waals surface area contributed by atoms with E-state index in [4.69, 9.17) is 0 Å². The Bertz CT molecular complexity index is 1090. The maximum Gasteiger partial charge on any atom is 0.315 e. The summed E-state index contributed by atoms with van der Waals surface area (Å²) in [5, 5.41) is 15.5. The predicted octanol–water partition coefficient (Wildman–Crippen LogP) is 4.36. The number of carbonyl (C=O) groups excluding carboxylic acids is 2. The molecule has 2 aromatic rings. The molecular weight excluding hydrogens is 523 g/mol. The Balaban J connectivity index is 0.00000253. The molecule has 3 atom stereocenters. The number of likely N-dealkylation sites (tertiary alicyclic amines) is 1. The van der Waals surface area contributed by atoms with Crippen molar-refractivity contribution in [2.45, 2.75) is 58.7 Å². The highest BCUT2D eigenvalue weighted by Crippen LogP contribution is 2.45. The molecule has 4 rings (SSSR count). The van der Waals surface area contributed by atoms with Crippen molar-refractivity contribution < 1.29 is 14.7 Å². The first-order valence-corrected chi connectivity index (χ1v) is 13.3. The number of quaternary nitrogens is 1. The molecule has 1 N–H and O–H groups in total. The van der Waals surface area contributed by atoms with Gasteiger partial charge in [0.15, 0.2) is 0 Å². The van der Waals surface area contributed by atoms with Crippen molar-refractivity contribution in [3.8, 4) is 11.1 Å². The van der Waals surface area contributed by atoms with Crippen LogP contribution in [0.5, 0.6) is 0 Å². The summed E-state index contributed by atoms with van der Waals surface area (Å²) >= 11 is 0. The van der Waals surface area contributed by atoms with Gasteiger partial charge in [-0.2, -0.15) is 0 Å². The van der Waals surface area contributed by atoms with Crippen molar-refractivity contribution in [3.63, 3.8) is 0 Å². The van der Waals surface area contributed by atoms with E-state index in [2.05, 4.69) is 40.5 Å². The fraction of sp³-hybridized carbons (Fsp3) is 0.517. The smallest absolute Gasteiger partial charge is 0.315 e. The standard InChI is InChI=1S/C29H40N4O3.2ClH/c1-5-32(29(35)36)27-18-21(2)33(4,22(3)34)28-13-12-25(19-26(27)28)24-10-8-23(9-11-24)20-30-14-17-31-15-6-7-16-31;;/h8-13,19,21,27,30H,5-7,14-18,20H2,1-4H3;2*1H/t21-,27?,33+;;/m0../s1. The van der Waals surface area contributed by atoms with E-state index >= 15 is 0 Å². The number of fused-ring (bicyclic) bond motifs is 1. The van der Waals surface area contributed by atoms with Crippen LogP contribution in [0.25, 0.3) is 11.1 Å². The molecule has 1 saturated heterocycles. The minimum absolute atomic E-state index is 0. The van der Waals surface area contributed by atoms with Gasteiger partial charge in [-0.25, -0.2) is 9.28 Å². The molecule has 9 heteroatoms. The predicted molar refractivity (Wildman–Crippen MR) is 157 cm³/mol. The molecule has 0 bridgehead atoms. The Morgan fingerprint density at radius 2 is 1.71 bits per heavy atom. The van der Waals surface area contributed by atoms with E-state index in [1.165, 1.54) is 36.4 Å². The maximum atomic E-state index is 12.8. The summed E-state index contributed by atoms with van der Waals surface area (Å²) < 4.78 is 0.165. The van der Waals surface area contributed by atoms with E-state index < -0.39 is 6.09 Å².